The van der Waals surface area contributed by atoms with Crippen molar-refractivity contribution in [2.75, 3.05) is 5.32 Å². The number of carbonyl (C=O) groups excluding carboxylic acids is 1. The van der Waals surface area contributed by atoms with Gasteiger partial charge >= 0.3 is 6.01 Å². The van der Waals surface area contributed by atoms with Crippen LogP contribution in [0, 0.1) is 6.92 Å². The Morgan fingerprint density at radius 2 is 1.85 bits per heavy atom. The highest BCUT2D eigenvalue weighted by molar-refractivity contribution is 7.98. The molecule has 8 heteroatoms. The quantitative estimate of drug-likeness (QED) is 0.306. The standard InChI is InChI=1S/C26H21N5O2S/c1-18-15-21(33-26-27-12-4-13-28-26)8-11-23(18)30-25(32)19-6-9-22(10-7-19)34-17-20-16-31-14-3-2-5-24(31)29-20/h2-16H,17H2,1H3,(H,30,32). The number of rotatable bonds is 7. The summed E-state index contributed by atoms with van der Waals surface area (Å²) in [6.07, 6.45) is 7.26. The number of nitrogens with zero attached hydrogens (tertiary/aromatic N) is 4. The van der Waals surface area contributed by atoms with Gasteiger partial charge in [0.1, 0.15) is 11.4 Å². The van der Waals surface area contributed by atoms with Crippen molar-refractivity contribution in [3.63, 3.8) is 0 Å². The van der Waals surface area contributed by atoms with Crippen LogP contribution in [0.15, 0.2) is 96.4 Å². The van der Waals surface area contributed by atoms with Crippen molar-refractivity contribution in [3.8, 4) is 11.8 Å². The van der Waals surface area contributed by atoms with Gasteiger partial charge in [0, 0.05) is 46.7 Å². The van der Waals surface area contributed by atoms with Gasteiger partial charge in [-0.1, -0.05) is 6.07 Å². The lowest BCUT2D eigenvalue weighted by molar-refractivity contribution is 0.102. The van der Waals surface area contributed by atoms with Crippen LogP contribution in [-0.4, -0.2) is 25.3 Å². The maximum absolute atomic E-state index is 12.8. The molecule has 0 aliphatic rings. The highest BCUT2D eigenvalue weighted by atomic mass is 32.2. The van der Waals surface area contributed by atoms with Crippen LogP contribution >= 0.6 is 11.8 Å². The van der Waals surface area contributed by atoms with E-state index in [1.54, 1.807) is 36.3 Å². The van der Waals surface area contributed by atoms with Crippen molar-refractivity contribution in [2.45, 2.75) is 17.6 Å². The minimum Gasteiger partial charge on any atom is -0.424 e. The molecule has 3 aromatic heterocycles. The number of carbonyl (C=O) groups is 1. The van der Waals surface area contributed by atoms with Gasteiger partial charge in [0.15, 0.2) is 0 Å². The second kappa shape index (κ2) is 9.76. The summed E-state index contributed by atoms with van der Waals surface area (Å²) in [6.45, 7) is 1.91. The Morgan fingerprint density at radius 3 is 2.62 bits per heavy atom. The molecule has 0 spiro atoms. The number of hydrogen-bond donors (Lipinski definition) is 1. The first-order valence-corrected chi connectivity index (χ1v) is 11.6. The molecule has 0 aliphatic heterocycles. The second-order valence-corrected chi connectivity index (χ2v) is 8.62. The largest absolute Gasteiger partial charge is 0.424 e. The van der Waals surface area contributed by atoms with Crippen molar-refractivity contribution >= 4 is 29.0 Å². The maximum atomic E-state index is 12.8. The van der Waals surface area contributed by atoms with Crippen molar-refractivity contribution in [2.24, 2.45) is 0 Å². The fourth-order valence-electron chi connectivity index (χ4n) is 3.39. The Kier molecular flexibility index (Phi) is 6.22. The number of benzene rings is 2. The molecule has 1 amide bonds. The number of imidazole rings is 1. The summed E-state index contributed by atoms with van der Waals surface area (Å²) in [4.78, 5) is 26.6. The molecule has 0 unspecified atom stereocenters. The first kappa shape index (κ1) is 21.7. The van der Waals surface area contributed by atoms with Crippen LogP contribution in [-0.2, 0) is 5.75 Å². The zero-order valence-electron chi connectivity index (χ0n) is 18.4. The third-order valence-corrected chi connectivity index (χ3v) is 6.16. The van der Waals surface area contributed by atoms with Crippen molar-refractivity contribution in [1.29, 1.82) is 0 Å². The average molecular weight is 468 g/mol. The van der Waals surface area contributed by atoms with Gasteiger partial charge in [0.05, 0.1) is 5.69 Å². The normalized spacial score (nSPS) is 10.9. The SMILES string of the molecule is Cc1cc(Oc2ncccn2)ccc1NC(=O)c1ccc(SCc2cn3ccccc3n2)cc1. The van der Waals surface area contributed by atoms with Crippen LogP contribution in [0.5, 0.6) is 11.8 Å². The zero-order chi connectivity index (χ0) is 23.3. The van der Waals surface area contributed by atoms with E-state index < -0.39 is 0 Å². The lowest BCUT2D eigenvalue weighted by Crippen LogP contribution is -2.12. The molecule has 0 radical (unpaired) electrons. The lowest BCUT2D eigenvalue weighted by atomic mass is 10.1. The van der Waals surface area contributed by atoms with E-state index in [4.69, 9.17) is 4.74 Å². The molecule has 3 heterocycles. The van der Waals surface area contributed by atoms with Crippen LogP contribution in [0.25, 0.3) is 5.65 Å². The van der Waals surface area contributed by atoms with Gasteiger partial charge in [0.25, 0.3) is 5.91 Å². The van der Waals surface area contributed by atoms with E-state index in [0.29, 0.717) is 11.3 Å². The van der Waals surface area contributed by atoms with Gasteiger partial charge in [-0.3, -0.25) is 4.79 Å². The van der Waals surface area contributed by atoms with Crippen LogP contribution in [0.1, 0.15) is 21.6 Å². The molecular formula is C26H21N5O2S. The Bertz CT molecular complexity index is 1400. The van der Waals surface area contributed by atoms with Gasteiger partial charge in [-0.25, -0.2) is 15.0 Å². The highest BCUT2D eigenvalue weighted by Gasteiger charge is 2.10. The maximum Gasteiger partial charge on any atom is 0.321 e. The number of anilines is 1. The van der Waals surface area contributed by atoms with E-state index in [9.17, 15) is 4.79 Å². The van der Waals surface area contributed by atoms with Gasteiger partial charge in [-0.2, -0.15) is 0 Å². The summed E-state index contributed by atoms with van der Waals surface area (Å²) in [7, 11) is 0. The summed E-state index contributed by atoms with van der Waals surface area (Å²) in [5.41, 5.74) is 4.14. The highest BCUT2D eigenvalue weighted by Crippen LogP contribution is 2.26. The molecule has 0 saturated carbocycles. The molecule has 0 bridgehead atoms. The monoisotopic (exact) mass is 467 g/mol. The van der Waals surface area contributed by atoms with Crippen LogP contribution in [0.2, 0.25) is 0 Å². The molecule has 0 fully saturated rings. The van der Waals surface area contributed by atoms with E-state index in [-0.39, 0.29) is 11.9 Å². The van der Waals surface area contributed by atoms with Crippen LogP contribution in [0.4, 0.5) is 5.69 Å². The van der Waals surface area contributed by atoms with Gasteiger partial charge in [0.2, 0.25) is 0 Å². The van der Waals surface area contributed by atoms with Gasteiger partial charge in [-0.15, -0.1) is 11.8 Å². The zero-order valence-corrected chi connectivity index (χ0v) is 19.2. The first-order chi connectivity index (χ1) is 16.6. The fourth-order valence-corrected chi connectivity index (χ4v) is 4.18. The van der Waals surface area contributed by atoms with E-state index in [2.05, 4.69) is 20.3 Å². The van der Waals surface area contributed by atoms with Crippen LogP contribution in [0.3, 0.4) is 0 Å². The molecule has 1 N–H and O–H groups in total. The number of ether oxygens (including phenoxy) is 1. The van der Waals surface area contributed by atoms with Gasteiger partial charge < -0.3 is 14.5 Å². The Balaban J connectivity index is 1.19. The number of fused-ring (bicyclic) bond motifs is 1. The molecule has 168 valence electrons. The molecule has 5 aromatic rings. The molecule has 0 aliphatic carbocycles. The Morgan fingerprint density at radius 1 is 1.03 bits per heavy atom. The number of aromatic nitrogens is 4. The number of aryl methyl sites for hydroxylation is 1. The minimum absolute atomic E-state index is 0.167. The topological polar surface area (TPSA) is 81.4 Å². The number of pyridine rings is 1. The molecule has 5 rings (SSSR count). The molecule has 2 aromatic carbocycles. The summed E-state index contributed by atoms with van der Waals surface area (Å²) < 4.78 is 7.66. The predicted molar refractivity (Wildman–Crippen MR) is 132 cm³/mol. The van der Waals surface area contributed by atoms with E-state index >= 15 is 0 Å². The molecular weight excluding hydrogens is 446 g/mol. The molecule has 7 nitrogen and oxygen atoms in total. The molecule has 34 heavy (non-hydrogen) atoms. The van der Waals surface area contributed by atoms with Crippen molar-refractivity contribution in [1.82, 2.24) is 19.4 Å². The van der Waals surface area contributed by atoms with E-state index in [1.807, 2.05) is 78.3 Å². The Labute approximate surface area is 200 Å². The lowest BCUT2D eigenvalue weighted by Gasteiger charge is -2.11. The number of hydrogen-bond acceptors (Lipinski definition) is 6. The van der Waals surface area contributed by atoms with E-state index in [1.165, 1.54) is 0 Å². The third kappa shape index (κ3) is 5.07. The molecule has 0 saturated heterocycles. The number of nitrogens with one attached hydrogen (secondary N) is 1. The summed E-state index contributed by atoms with van der Waals surface area (Å²) in [5, 5.41) is 2.96. The summed E-state index contributed by atoms with van der Waals surface area (Å²) >= 11 is 1.69. The summed E-state index contributed by atoms with van der Waals surface area (Å²) in [6, 6.07) is 21.0. The number of thioether (sulfide) groups is 1. The third-order valence-electron chi connectivity index (χ3n) is 5.11. The second-order valence-electron chi connectivity index (χ2n) is 7.58. The van der Waals surface area contributed by atoms with Gasteiger partial charge in [-0.05, 0) is 73.2 Å². The van der Waals surface area contributed by atoms with Crippen molar-refractivity contribution < 1.29 is 9.53 Å². The predicted octanol–water partition coefficient (Wildman–Crippen LogP) is 5.77. The average Bonchev–Trinajstić information content (AvgIpc) is 3.28. The summed E-state index contributed by atoms with van der Waals surface area (Å²) in [5.74, 6) is 1.20. The van der Waals surface area contributed by atoms with E-state index in [0.717, 1.165) is 33.2 Å². The smallest absolute Gasteiger partial charge is 0.321 e. The van der Waals surface area contributed by atoms with Crippen molar-refractivity contribution in [3.05, 3.63) is 108 Å². The minimum atomic E-state index is -0.167. The van der Waals surface area contributed by atoms with Crippen LogP contribution < -0.4 is 10.1 Å². The first-order valence-electron chi connectivity index (χ1n) is 10.7. The Hall–Kier alpha value is -4.17. The molecule has 0 atom stereocenters. The fraction of sp³-hybridized carbons (Fsp3) is 0.0769. The number of amides is 1.